The molecule has 96 valence electrons. The molecule has 1 aromatic carbocycles. The Morgan fingerprint density at radius 1 is 1.16 bits per heavy atom. The molecular weight excluding hydrogens is 390 g/mol. The summed E-state index contributed by atoms with van der Waals surface area (Å²) in [5.41, 5.74) is 1.81. The third-order valence-corrected chi connectivity index (χ3v) is 6.19. The Labute approximate surface area is 131 Å². The average molecular weight is 399 g/mol. The minimum Gasteiger partial charge on any atom is -0.383 e. The van der Waals surface area contributed by atoms with Crippen LogP contribution in [0.15, 0.2) is 50.9 Å². The van der Waals surface area contributed by atoms with Gasteiger partial charge in [0.25, 0.3) is 0 Å². The Bertz CT molecular complexity index is 722. The second kappa shape index (κ2) is 5.32. The van der Waals surface area contributed by atoms with Crippen LogP contribution < -0.4 is 0 Å². The van der Waals surface area contributed by atoms with Gasteiger partial charge in [-0.15, -0.1) is 11.3 Å². The molecule has 2 aromatic heterocycles. The molecule has 5 heteroatoms. The van der Waals surface area contributed by atoms with Crippen LogP contribution in [0, 0.1) is 0 Å². The zero-order chi connectivity index (χ0) is 13.4. The molecule has 0 aliphatic heterocycles. The molecule has 2 heterocycles. The van der Waals surface area contributed by atoms with Gasteiger partial charge in [0.2, 0.25) is 0 Å². The van der Waals surface area contributed by atoms with Crippen molar-refractivity contribution >= 4 is 54.1 Å². The third-order valence-electron chi connectivity index (χ3n) is 2.88. The Balaban J connectivity index is 2.03. The van der Waals surface area contributed by atoms with Gasteiger partial charge in [0.15, 0.2) is 0 Å². The largest absolute Gasteiger partial charge is 0.383 e. The molecule has 0 saturated carbocycles. The summed E-state index contributed by atoms with van der Waals surface area (Å²) in [5.74, 6) is 0. The molecule has 0 bridgehead atoms. The zero-order valence-electron chi connectivity index (χ0n) is 9.68. The van der Waals surface area contributed by atoms with E-state index in [4.69, 9.17) is 0 Å². The first-order valence-electron chi connectivity index (χ1n) is 5.62. The van der Waals surface area contributed by atoms with Gasteiger partial charge in [-0.3, -0.25) is 4.98 Å². The van der Waals surface area contributed by atoms with Gasteiger partial charge in [0.05, 0.1) is 9.30 Å². The molecule has 1 atom stereocenters. The second-order valence-electron chi connectivity index (χ2n) is 4.13. The number of pyridine rings is 1. The fraction of sp³-hybridized carbons (Fsp3) is 0.0714. The van der Waals surface area contributed by atoms with Crippen molar-refractivity contribution < 1.29 is 5.11 Å². The fourth-order valence-electron chi connectivity index (χ4n) is 1.93. The Morgan fingerprint density at radius 3 is 2.74 bits per heavy atom. The summed E-state index contributed by atoms with van der Waals surface area (Å²) in [6.45, 7) is 0. The highest BCUT2D eigenvalue weighted by Gasteiger charge is 2.15. The summed E-state index contributed by atoms with van der Waals surface area (Å²) in [7, 11) is 0. The van der Waals surface area contributed by atoms with Crippen molar-refractivity contribution in [1.82, 2.24) is 4.98 Å². The van der Waals surface area contributed by atoms with Crippen LogP contribution in [0.5, 0.6) is 0 Å². The van der Waals surface area contributed by atoms with Crippen LogP contribution in [-0.4, -0.2) is 10.1 Å². The lowest BCUT2D eigenvalue weighted by atomic mass is 10.1. The van der Waals surface area contributed by atoms with Gasteiger partial charge in [-0.1, -0.05) is 12.1 Å². The van der Waals surface area contributed by atoms with Crippen LogP contribution >= 0.6 is 43.2 Å². The van der Waals surface area contributed by atoms with E-state index >= 15 is 0 Å². The average Bonchev–Trinajstić information content (AvgIpc) is 2.77. The van der Waals surface area contributed by atoms with Crippen LogP contribution in [0.25, 0.3) is 10.9 Å². The molecule has 0 spiro atoms. The second-order valence-corrected chi connectivity index (χ2v) is 7.38. The molecule has 0 aliphatic carbocycles. The normalized spacial score (nSPS) is 12.8. The summed E-state index contributed by atoms with van der Waals surface area (Å²) in [6.07, 6.45) is 1.16. The van der Waals surface area contributed by atoms with Gasteiger partial charge in [-0.05, 0) is 61.7 Å². The molecule has 0 saturated heterocycles. The van der Waals surface area contributed by atoms with Crippen LogP contribution in [0.4, 0.5) is 0 Å². The number of hydrogen-bond acceptors (Lipinski definition) is 3. The van der Waals surface area contributed by atoms with Crippen molar-refractivity contribution in [2.24, 2.45) is 0 Å². The smallest absolute Gasteiger partial charge is 0.113 e. The predicted molar refractivity (Wildman–Crippen MR) is 85.5 cm³/mol. The monoisotopic (exact) mass is 397 g/mol. The first-order chi connectivity index (χ1) is 9.15. The zero-order valence-corrected chi connectivity index (χ0v) is 13.7. The number of hydrogen-bond donors (Lipinski definition) is 1. The Kier molecular flexibility index (Phi) is 3.71. The first kappa shape index (κ1) is 13.2. The third kappa shape index (κ3) is 2.60. The Morgan fingerprint density at radius 2 is 2.00 bits per heavy atom. The van der Waals surface area contributed by atoms with Gasteiger partial charge in [0.1, 0.15) is 6.10 Å². The number of aliphatic hydroxyl groups excluding tert-OH is 1. The molecule has 2 nitrogen and oxygen atoms in total. The van der Waals surface area contributed by atoms with E-state index in [-0.39, 0.29) is 0 Å². The number of aromatic nitrogens is 1. The van der Waals surface area contributed by atoms with E-state index in [0.717, 1.165) is 29.6 Å². The molecule has 3 rings (SSSR count). The highest BCUT2D eigenvalue weighted by atomic mass is 79.9. The predicted octanol–water partition coefficient (Wildman–Crippen LogP) is 4.90. The maximum Gasteiger partial charge on any atom is 0.113 e. The highest BCUT2D eigenvalue weighted by Crippen LogP contribution is 2.37. The highest BCUT2D eigenvalue weighted by molar-refractivity contribution is 9.13. The van der Waals surface area contributed by atoms with E-state index in [1.54, 1.807) is 6.20 Å². The molecule has 0 fully saturated rings. The minimum absolute atomic E-state index is 0.614. The van der Waals surface area contributed by atoms with Crippen molar-refractivity contribution in [2.45, 2.75) is 6.10 Å². The summed E-state index contributed by atoms with van der Waals surface area (Å²) in [5, 5.41) is 11.5. The van der Waals surface area contributed by atoms with Gasteiger partial charge in [-0.25, -0.2) is 0 Å². The standard InChI is InChI=1S/C14H9Br2NOS/c15-10-7-12(19-14(10)16)13(18)9-3-4-11-8(6-9)2-1-5-17-11/h1-7,13,18H. The molecule has 0 radical (unpaired) electrons. The molecule has 1 unspecified atom stereocenters. The SMILES string of the molecule is OC(c1ccc2ncccc2c1)c1cc(Br)c(Br)s1. The lowest BCUT2D eigenvalue weighted by molar-refractivity contribution is 0.224. The van der Waals surface area contributed by atoms with Crippen LogP contribution in [0.3, 0.4) is 0 Å². The van der Waals surface area contributed by atoms with Gasteiger partial charge in [0, 0.05) is 20.9 Å². The number of rotatable bonds is 2. The number of fused-ring (bicyclic) bond motifs is 1. The summed E-state index contributed by atoms with van der Waals surface area (Å²) >= 11 is 8.41. The van der Waals surface area contributed by atoms with E-state index in [1.807, 2.05) is 36.4 Å². The van der Waals surface area contributed by atoms with Crippen LogP contribution in [0.1, 0.15) is 16.5 Å². The van der Waals surface area contributed by atoms with Gasteiger partial charge >= 0.3 is 0 Å². The van der Waals surface area contributed by atoms with Crippen molar-refractivity contribution in [2.75, 3.05) is 0 Å². The molecular formula is C14H9Br2NOS. The van der Waals surface area contributed by atoms with E-state index in [1.165, 1.54) is 11.3 Å². The maximum absolute atomic E-state index is 10.4. The lowest BCUT2D eigenvalue weighted by Crippen LogP contribution is -1.96. The number of nitrogens with zero attached hydrogens (tertiary/aromatic N) is 1. The maximum atomic E-state index is 10.4. The molecule has 1 N–H and O–H groups in total. The summed E-state index contributed by atoms with van der Waals surface area (Å²) < 4.78 is 1.96. The summed E-state index contributed by atoms with van der Waals surface area (Å²) in [6, 6.07) is 11.7. The number of thiophene rings is 1. The van der Waals surface area contributed by atoms with E-state index in [2.05, 4.69) is 36.8 Å². The molecule has 19 heavy (non-hydrogen) atoms. The minimum atomic E-state index is -0.614. The van der Waals surface area contributed by atoms with Gasteiger partial charge < -0.3 is 5.11 Å². The number of aliphatic hydroxyl groups is 1. The number of halogens is 2. The topological polar surface area (TPSA) is 33.1 Å². The lowest BCUT2D eigenvalue weighted by Gasteiger charge is -2.09. The molecule has 0 amide bonds. The van der Waals surface area contributed by atoms with Crippen molar-refractivity contribution in [3.8, 4) is 0 Å². The quantitative estimate of drug-likeness (QED) is 0.665. The summed E-state index contributed by atoms with van der Waals surface area (Å²) in [4.78, 5) is 5.18. The van der Waals surface area contributed by atoms with E-state index in [9.17, 15) is 5.11 Å². The molecule has 0 aliphatic rings. The Hall–Kier alpha value is -0.750. The van der Waals surface area contributed by atoms with Gasteiger partial charge in [-0.2, -0.15) is 0 Å². The van der Waals surface area contributed by atoms with E-state index in [0.29, 0.717) is 0 Å². The van der Waals surface area contributed by atoms with Crippen molar-refractivity contribution in [3.05, 3.63) is 61.3 Å². The number of benzene rings is 1. The first-order valence-corrected chi connectivity index (χ1v) is 8.03. The molecule has 3 aromatic rings. The van der Waals surface area contributed by atoms with Crippen molar-refractivity contribution in [1.29, 1.82) is 0 Å². The van der Waals surface area contributed by atoms with Crippen LogP contribution in [-0.2, 0) is 0 Å². The fourth-order valence-corrected chi connectivity index (χ4v) is 4.03. The van der Waals surface area contributed by atoms with Crippen molar-refractivity contribution in [3.63, 3.8) is 0 Å². The van der Waals surface area contributed by atoms with Crippen LogP contribution in [0.2, 0.25) is 0 Å². The van der Waals surface area contributed by atoms with E-state index < -0.39 is 6.10 Å².